The number of nitrogens with zero attached hydrogens (tertiary/aromatic N) is 1. The van der Waals surface area contributed by atoms with E-state index in [1.54, 1.807) is 23.8 Å². The van der Waals surface area contributed by atoms with Crippen molar-refractivity contribution in [3.8, 4) is 0 Å². The number of amides is 1. The summed E-state index contributed by atoms with van der Waals surface area (Å²) in [5.74, 6) is 0.617. The van der Waals surface area contributed by atoms with Crippen LogP contribution < -0.4 is 5.32 Å². The Bertz CT molecular complexity index is 1010. The molecule has 2 aromatic heterocycles. The fraction of sp³-hybridized carbons (Fsp3) is 0.333. The Morgan fingerprint density at radius 3 is 2.59 bits per heavy atom. The highest BCUT2D eigenvalue weighted by molar-refractivity contribution is 7.16. The Labute approximate surface area is 175 Å². The number of anilines is 1. The number of hydrogen-bond acceptors (Lipinski definition) is 4. The van der Waals surface area contributed by atoms with E-state index in [1.807, 2.05) is 38.1 Å². The minimum absolute atomic E-state index is 0.0698. The molecular formula is C24H26N2O2S. The van der Waals surface area contributed by atoms with E-state index in [0.717, 1.165) is 46.6 Å². The Morgan fingerprint density at radius 1 is 1.10 bits per heavy atom. The van der Waals surface area contributed by atoms with Gasteiger partial charge in [0.1, 0.15) is 10.8 Å². The second kappa shape index (κ2) is 8.78. The quantitative estimate of drug-likeness (QED) is 0.495. The summed E-state index contributed by atoms with van der Waals surface area (Å²) in [7, 11) is 0. The van der Waals surface area contributed by atoms with Gasteiger partial charge >= 0.3 is 0 Å². The molecule has 1 aromatic carbocycles. The second-order valence-corrected chi connectivity index (χ2v) is 8.79. The van der Waals surface area contributed by atoms with E-state index in [-0.39, 0.29) is 5.91 Å². The van der Waals surface area contributed by atoms with Gasteiger partial charge in [-0.25, -0.2) is 4.99 Å². The van der Waals surface area contributed by atoms with Crippen LogP contribution in [0.4, 0.5) is 10.7 Å². The molecule has 0 saturated heterocycles. The maximum atomic E-state index is 13.3. The molecular weight excluding hydrogens is 380 g/mol. The second-order valence-electron chi connectivity index (χ2n) is 7.70. The SMILES string of the molecule is Cc1cc(C)cc(NC(=O)c2c(N=Cc3ccco3)sc3c2CCCCCC3)c1. The van der Waals surface area contributed by atoms with Crippen molar-refractivity contribution in [3.05, 3.63) is 69.5 Å². The summed E-state index contributed by atoms with van der Waals surface area (Å²) in [6.45, 7) is 4.09. The van der Waals surface area contributed by atoms with Gasteiger partial charge < -0.3 is 9.73 Å². The Morgan fingerprint density at radius 2 is 1.86 bits per heavy atom. The van der Waals surface area contributed by atoms with E-state index < -0.39 is 0 Å². The molecule has 1 amide bonds. The number of benzene rings is 1. The van der Waals surface area contributed by atoms with Crippen molar-refractivity contribution in [2.75, 3.05) is 5.32 Å². The summed E-state index contributed by atoms with van der Waals surface area (Å²) in [5.41, 5.74) is 5.02. The Balaban J connectivity index is 1.71. The maximum absolute atomic E-state index is 13.3. The van der Waals surface area contributed by atoms with Crippen molar-refractivity contribution in [2.24, 2.45) is 4.99 Å². The van der Waals surface area contributed by atoms with E-state index in [9.17, 15) is 4.79 Å². The van der Waals surface area contributed by atoms with Gasteiger partial charge in [0.2, 0.25) is 0 Å². The van der Waals surface area contributed by atoms with E-state index >= 15 is 0 Å². The molecule has 1 N–H and O–H groups in total. The largest absolute Gasteiger partial charge is 0.463 e. The van der Waals surface area contributed by atoms with Crippen molar-refractivity contribution < 1.29 is 9.21 Å². The fourth-order valence-corrected chi connectivity index (χ4v) is 5.19. The van der Waals surface area contributed by atoms with Crippen LogP contribution in [-0.2, 0) is 12.8 Å². The molecule has 1 aliphatic carbocycles. The lowest BCUT2D eigenvalue weighted by molar-refractivity contribution is 0.102. The maximum Gasteiger partial charge on any atom is 0.259 e. The van der Waals surface area contributed by atoms with Crippen molar-refractivity contribution in [2.45, 2.75) is 52.4 Å². The summed E-state index contributed by atoms with van der Waals surface area (Å²) < 4.78 is 5.37. The molecule has 4 nitrogen and oxygen atoms in total. The lowest BCUT2D eigenvalue weighted by Crippen LogP contribution is -2.14. The van der Waals surface area contributed by atoms with Gasteiger partial charge in [0, 0.05) is 10.6 Å². The predicted octanol–water partition coefficient (Wildman–Crippen LogP) is 6.62. The highest BCUT2D eigenvalue weighted by Crippen LogP contribution is 2.39. The van der Waals surface area contributed by atoms with Crippen LogP contribution in [0.1, 0.15) is 63.4 Å². The van der Waals surface area contributed by atoms with Gasteiger partial charge in [0.25, 0.3) is 5.91 Å². The molecule has 5 heteroatoms. The zero-order valence-corrected chi connectivity index (χ0v) is 17.8. The zero-order valence-electron chi connectivity index (χ0n) is 17.0. The molecule has 4 rings (SSSR count). The van der Waals surface area contributed by atoms with E-state index in [2.05, 4.69) is 16.4 Å². The van der Waals surface area contributed by atoms with Gasteiger partial charge in [-0.05, 0) is 80.5 Å². The molecule has 150 valence electrons. The van der Waals surface area contributed by atoms with Crippen LogP contribution in [0, 0.1) is 13.8 Å². The summed E-state index contributed by atoms with van der Waals surface area (Å²) in [4.78, 5) is 19.3. The smallest absolute Gasteiger partial charge is 0.259 e. The van der Waals surface area contributed by atoms with E-state index in [1.165, 1.54) is 29.7 Å². The van der Waals surface area contributed by atoms with Crippen LogP contribution >= 0.6 is 11.3 Å². The van der Waals surface area contributed by atoms with Crippen molar-refractivity contribution in [1.29, 1.82) is 0 Å². The number of nitrogens with one attached hydrogen (secondary N) is 1. The van der Waals surface area contributed by atoms with Crippen LogP contribution in [0.15, 0.2) is 46.0 Å². The summed E-state index contributed by atoms with van der Waals surface area (Å²) >= 11 is 1.65. The first-order chi connectivity index (χ1) is 14.1. The molecule has 0 aliphatic heterocycles. The molecule has 0 bridgehead atoms. The van der Waals surface area contributed by atoms with Crippen LogP contribution in [0.5, 0.6) is 0 Å². The lowest BCUT2D eigenvalue weighted by Gasteiger charge is -2.12. The van der Waals surface area contributed by atoms with Gasteiger partial charge in [-0.3, -0.25) is 4.79 Å². The number of thiophene rings is 1. The molecule has 0 spiro atoms. The number of aliphatic imine (C=N–C) groups is 1. The first kappa shape index (κ1) is 19.6. The Hall–Kier alpha value is -2.66. The van der Waals surface area contributed by atoms with Crippen molar-refractivity contribution in [1.82, 2.24) is 0 Å². The van der Waals surface area contributed by atoms with Crippen LogP contribution in [-0.4, -0.2) is 12.1 Å². The molecule has 0 fully saturated rings. The minimum Gasteiger partial charge on any atom is -0.463 e. The summed E-state index contributed by atoms with van der Waals surface area (Å²) in [6, 6.07) is 9.82. The molecule has 0 saturated carbocycles. The third-order valence-electron chi connectivity index (χ3n) is 5.21. The van der Waals surface area contributed by atoms with Gasteiger partial charge in [-0.2, -0.15) is 0 Å². The normalized spacial score (nSPS) is 14.4. The predicted molar refractivity (Wildman–Crippen MR) is 120 cm³/mol. The average molecular weight is 407 g/mol. The fourth-order valence-electron chi connectivity index (χ4n) is 3.96. The number of aryl methyl sites for hydroxylation is 3. The van der Waals surface area contributed by atoms with Crippen LogP contribution in [0.25, 0.3) is 0 Å². The zero-order chi connectivity index (χ0) is 20.2. The Kier molecular flexibility index (Phi) is 5.95. The first-order valence-electron chi connectivity index (χ1n) is 10.2. The number of rotatable bonds is 4. The number of carbonyl (C=O) groups excluding carboxylic acids is 1. The monoisotopic (exact) mass is 406 g/mol. The topological polar surface area (TPSA) is 54.6 Å². The molecule has 1 aliphatic rings. The van der Waals surface area contributed by atoms with Gasteiger partial charge in [0.15, 0.2) is 0 Å². The summed E-state index contributed by atoms with van der Waals surface area (Å²) in [6.07, 6.45) is 10.1. The minimum atomic E-state index is -0.0698. The third-order valence-corrected chi connectivity index (χ3v) is 6.41. The van der Waals surface area contributed by atoms with Crippen molar-refractivity contribution in [3.63, 3.8) is 0 Å². The molecule has 0 atom stereocenters. The molecule has 0 radical (unpaired) electrons. The molecule has 29 heavy (non-hydrogen) atoms. The number of furan rings is 1. The van der Waals surface area contributed by atoms with E-state index in [0.29, 0.717) is 5.76 Å². The number of hydrogen-bond donors (Lipinski definition) is 1. The van der Waals surface area contributed by atoms with Crippen LogP contribution in [0.3, 0.4) is 0 Å². The highest BCUT2D eigenvalue weighted by Gasteiger charge is 2.24. The number of fused-ring (bicyclic) bond motifs is 1. The summed E-state index contributed by atoms with van der Waals surface area (Å²) in [5, 5.41) is 3.89. The number of carbonyl (C=O) groups is 1. The molecule has 2 heterocycles. The van der Waals surface area contributed by atoms with Gasteiger partial charge in [0.05, 0.1) is 18.0 Å². The highest BCUT2D eigenvalue weighted by atomic mass is 32.1. The van der Waals surface area contributed by atoms with Gasteiger partial charge in [-0.15, -0.1) is 11.3 Å². The molecule has 3 aromatic rings. The van der Waals surface area contributed by atoms with Crippen LogP contribution in [0.2, 0.25) is 0 Å². The third kappa shape index (κ3) is 4.67. The first-order valence-corrected chi connectivity index (χ1v) is 11.0. The van der Waals surface area contributed by atoms with Gasteiger partial charge in [-0.1, -0.05) is 18.9 Å². The average Bonchev–Trinajstić information content (AvgIpc) is 3.27. The van der Waals surface area contributed by atoms with Crippen molar-refractivity contribution >= 4 is 34.1 Å². The standard InChI is InChI=1S/C24H26N2O2S/c1-16-12-17(2)14-18(13-16)26-23(27)22-20-9-5-3-4-6-10-21(20)29-24(22)25-15-19-8-7-11-28-19/h7-8,11-15H,3-6,9-10H2,1-2H3,(H,26,27). The van der Waals surface area contributed by atoms with E-state index in [4.69, 9.17) is 4.42 Å². The molecule has 0 unspecified atom stereocenters. The lowest BCUT2D eigenvalue weighted by atomic mass is 9.96.